The van der Waals surface area contributed by atoms with Crippen molar-refractivity contribution >= 4 is 40.0 Å². The number of hydrogen-bond acceptors (Lipinski definition) is 1. The summed E-state index contributed by atoms with van der Waals surface area (Å²) in [6.45, 7) is 0. The van der Waals surface area contributed by atoms with E-state index in [0.717, 1.165) is 0 Å². The third kappa shape index (κ3) is 3.05. The second kappa shape index (κ2) is 3.65. The van der Waals surface area contributed by atoms with Crippen LogP contribution < -0.4 is 8.37 Å². The first kappa shape index (κ1) is 11.7. The van der Waals surface area contributed by atoms with E-state index in [9.17, 15) is 0 Å². The zero-order valence-electron chi connectivity index (χ0n) is 9.56. The van der Waals surface area contributed by atoms with Crippen molar-refractivity contribution in [2.24, 2.45) is 0 Å². The van der Waals surface area contributed by atoms with E-state index in [0.29, 0.717) is 0 Å². The Bertz CT molecular complexity index is 262. The van der Waals surface area contributed by atoms with Gasteiger partial charge in [-0.05, 0) is 0 Å². The predicted octanol–water partition coefficient (Wildman–Crippen LogP) is 2.37. The fourth-order valence-electron chi connectivity index (χ4n) is 1.14. The summed E-state index contributed by atoms with van der Waals surface area (Å²) in [7, 11) is 0. The van der Waals surface area contributed by atoms with E-state index < -0.39 is 31.6 Å². The van der Waals surface area contributed by atoms with Gasteiger partial charge < -0.3 is 0 Å². The summed E-state index contributed by atoms with van der Waals surface area (Å²) in [6.07, 6.45) is 0. The molecule has 0 fully saturated rings. The van der Waals surface area contributed by atoms with E-state index in [-0.39, 0.29) is 0 Å². The molecular formula is C10H20GeOSn. The van der Waals surface area contributed by atoms with E-state index in [4.69, 9.17) is 4.42 Å². The third-order valence-corrected chi connectivity index (χ3v) is 10.7. The van der Waals surface area contributed by atoms with Gasteiger partial charge in [-0.25, -0.2) is 0 Å². The predicted molar refractivity (Wildman–Crippen MR) is 64.7 cm³/mol. The number of rotatable bonds is 2. The fourth-order valence-corrected chi connectivity index (χ4v) is 6.70. The van der Waals surface area contributed by atoms with Crippen molar-refractivity contribution in [3.05, 3.63) is 12.1 Å². The van der Waals surface area contributed by atoms with E-state index in [1.165, 1.54) is 8.37 Å². The van der Waals surface area contributed by atoms with Crippen molar-refractivity contribution in [1.82, 2.24) is 0 Å². The minimum absolute atomic E-state index is 1.31. The molecule has 0 N–H and O–H groups in total. The molecular weight excluding hydrogens is 327 g/mol. The summed E-state index contributed by atoms with van der Waals surface area (Å²) in [5.74, 6) is 7.13. The standard InChI is InChI=1S/C7H11GeO.3CH3.Sn/c1-8(2,3)7-5-4-6-9-7;;;;/h4-5H,1-3H3;3*1H3;. The Kier molecular flexibility index (Phi) is 3.28. The number of furan rings is 1. The topological polar surface area (TPSA) is 13.1 Å². The van der Waals surface area contributed by atoms with Gasteiger partial charge in [0, 0.05) is 0 Å². The SMILES string of the molecule is [CH3][Ge]([CH3])([CH3])[c]1cc[c]([Sn]([CH3])([CH3])[CH3])o1. The monoisotopic (exact) mass is 350 g/mol. The molecule has 0 saturated carbocycles. The molecule has 0 aromatic carbocycles. The third-order valence-electron chi connectivity index (χ3n) is 2.08. The van der Waals surface area contributed by atoms with Crippen LogP contribution in [0.3, 0.4) is 0 Å². The van der Waals surface area contributed by atoms with E-state index >= 15 is 0 Å². The minimum atomic E-state index is -1.93. The maximum atomic E-state index is 5.99. The van der Waals surface area contributed by atoms with Gasteiger partial charge in [0.2, 0.25) is 0 Å². The number of hydrogen-bond donors (Lipinski definition) is 0. The van der Waals surface area contributed by atoms with Gasteiger partial charge in [-0.2, -0.15) is 0 Å². The van der Waals surface area contributed by atoms with Crippen LogP contribution in [-0.2, 0) is 0 Å². The second-order valence-corrected chi connectivity index (χ2v) is 30.4. The average Bonchev–Trinajstić information content (AvgIpc) is 2.28. The molecule has 1 rings (SSSR count). The van der Waals surface area contributed by atoms with Crippen LogP contribution in [0.25, 0.3) is 0 Å². The molecule has 0 bridgehead atoms. The zero-order chi connectivity index (χ0) is 10.3. The molecule has 1 heterocycles. The summed E-state index contributed by atoms with van der Waals surface area (Å²) >= 11 is -3.64. The average molecular weight is 348 g/mol. The second-order valence-electron chi connectivity index (χ2n) is 5.66. The molecule has 0 aliphatic heterocycles. The summed E-state index contributed by atoms with van der Waals surface area (Å²) in [5, 5.41) is 0. The normalized spacial score (nSPS) is 13.4. The summed E-state index contributed by atoms with van der Waals surface area (Å²) in [6, 6.07) is 4.44. The first-order valence-electron chi connectivity index (χ1n) is 4.82. The van der Waals surface area contributed by atoms with Gasteiger partial charge in [0.25, 0.3) is 0 Å². The van der Waals surface area contributed by atoms with Crippen molar-refractivity contribution in [2.75, 3.05) is 0 Å². The van der Waals surface area contributed by atoms with Gasteiger partial charge in [-0.3, -0.25) is 0 Å². The van der Waals surface area contributed by atoms with Crippen LogP contribution in [0.4, 0.5) is 0 Å². The molecule has 0 spiro atoms. The Morgan fingerprint density at radius 2 is 1.62 bits per heavy atom. The van der Waals surface area contributed by atoms with Gasteiger partial charge in [0.1, 0.15) is 0 Å². The Balaban J connectivity index is 3.01. The van der Waals surface area contributed by atoms with Crippen molar-refractivity contribution in [2.45, 2.75) is 32.1 Å². The molecule has 13 heavy (non-hydrogen) atoms. The van der Waals surface area contributed by atoms with Crippen LogP contribution >= 0.6 is 0 Å². The van der Waals surface area contributed by atoms with Crippen LogP contribution in [-0.4, -0.2) is 31.6 Å². The van der Waals surface area contributed by atoms with Crippen molar-refractivity contribution < 1.29 is 4.42 Å². The van der Waals surface area contributed by atoms with Gasteiger partial charge in [0.15, 0.2) is 0 Å². The van der Waals surface area contributed by atoms with Crippen molar-refractivity contribution in [1.29, 1.82) is 0 Å². The molecule has 0 radical (unpaired) electrons. The van der Waals surface area contributed by atoms with Crippen LogP contribution in [0.15, 0.2) is 16.5 Å². The van der Waals surface area contributed by atoms with E-state index in [1.807, 2.05) is 0 Å². The molecule has 0 aliphatic rings. The Morgan fingerprint density at radius 3 is 1.85 bits per heavy atom. The quantitative estimate of drug-likeness (QED) is 0.749. The molecule has 1 nitrogen and oxygen atoms in total. The fraction of sp³-hybridized carbons (Fsp3) is 0.600. The van der Waals surface area contributed by atoms with Crippen molar-refractivity contribution in [3.8, 4) is 0 Å². The summed E-state index contributed by atoms with van der Waals surface area (Å²) in [5.41, 5.74) is 0. The van der Waals surface area contributed by atoms with Gasteiger partial charge >= 0.3 is 88.6 Å². The molecule has 0 aliphatic carbocycles. The molecule has 3 heteroatoms. The van der Waals surface area contributed by atoms with E-state index in [2.05, 4.69) is 44.2 Å². The Labute approximate surface area is 88.1 Å². The van der Waals surface area contributed by atoms with Gasteiger partial charge in [-0.1, -0.05) is 0 Å². The van der Waals surface area contributed by atoms with Crippen LogP contribution in [0.5, 0.6) is 0 Å². The van der Waals surface area contributed by atoms with Gasteiger partial charge in [-0.15, -0.1) is 0 Å². The molecule has 0 unspecified atom stereocenters. The molecule has 74 valence electrons. The van der Waals surface area contributed by atoms with Crippen LogP contribution in [0.2, 0.25) is 32.1 Å². The Hall–Kier alpha value is 0.622. The van der Waals surface area contributed by atoms with Crippen molar-refractivity contribution in [3.63, 3.8) is 0 Å². The van der Waals surface area contributed by atoms with Crippen LogP contribution in [0.1, 0.15) is 0 Å². The zero-order valence-corrected chi connectivity index (χ0v) is 14.5. The van der Waals surface area contributed by atoms with Gasteiger partial charge in [0.05, 0.1) is 0 Å². The molecule has 0 amide bonds. The first-order valence-corrected chi connectivity index (χ1v) is 22.2. The van der Waals surface area contributed by atoms with Crippen LogP contribution in [0, 0.1) is 0 Å². The molecule has 1 aromatic heterocycles. The Morgan fingerprint density at radius 1 is 1.08 bits per heavy atom. The summed E-state index contributed by atoms with van der Waals surface area (Å²) in [4.78, 5) is 7.19. The molecule has 1 aromatic rings. The molecule has 0 saturated heterocycles. The van der Waals surface area contributed by atoms with E-state index in [1.54, 1.807) is 0 Å². The summed E-state index contributed by atoms with van der Waals surface area (Å²) < 4.78 is 8.62. The first-order chi connectivity index (χ1) is 5.71. The maximum absolute atomic E-state index is 5.99. The molecule has 0 atom stereocenters.